The number of pyridine rings is 1. The number of aldehydes is 1. The largest absolute Gasteiger partial charge is 0.352 e. The third kappa shape index (κ3) is 2.37. The quantitative estimate of drug-likeness (QED) is 0.847. The molecule has 0 atom stereocenters. The Kier molecular flexibility index (Phi) is 3.87. The third-order valence-corrected chi connectivity index (χ3v) is 4.44. The van der Waals surface area contributed by atoms with Crippen molar-refractivity contribution in [1.29, 1.82) is 0 Å². The highest BCUT2D eigenvalue weighted by Crippen LogP contribution is 2.29. The number of hydrogen-bond donors (Lipinski definition) is 1. The summed E-state index contributed by atoms with van der Waals surface area (Å²) >= 11 is 3.20. The average Bonchev–Trinajstić information content (AvgIpc) is 2.96. The Labute approximate surface area is 135 Å². The molecule has 3 rings (SSSR count). The summed E-state index contributed by atoms with van der Waals surface area (Å²) in [7, 11) is 0. The van der Waals surface area contributed by atoms with E-state index >= 15 is 0 Å². The molecule has 0 spiro atoms. The van der Waals surface area contributed by atoms with Crippen LogP contribution in [0.25, 0.3) is 0 Å². The van der Waals surface area contributed by atoms with Gasteiger partial charge in [0.25, 0.3) is 5.56 Å². The van der Waals surface area contributed by atoms with E-state index in [0.717, 1.165) is 18.4 Å². The SMILES string of the molecule is Cc1c(Nc2ccc(Br)cc2F)c(C=O)c2n(c1=O)CCC2. The molecule has 0 radical (unpaired) electrons. The van der Waals surface area contributed by atoms with Gasteiger partial charge in [-0.1, -0.05) is 15.9 Å². The van der Waals surface area contributed by atoms with Gasteiger partial charge >= 0.3 is 0 Å². The lowest BCUT2D eigenvalue weighted by atomic mass is 10.1. The molecule has 2 heterocycles. The van der Waals surface area contributed by atoms with Gasteiger partial charge in [-0.25, -0.2) is 4.39 Å². The van der Waals surface area contributed by atoms with Gasteiger partial charge in [-0.15, -0.1) is 0 Å². The van der Waals surface area contributed by atoms with Crippen LogP contribution in [0.3, 0.4) is 0 Å². The van der Waals surface area contributed by atoms with Crippen molar-refractivity contribution >= 4 is 33.6 Å². The van der Waals surface area contributed by atoms with E-state index in [2.05, 4.69) is 21.2 Å². The van der Waals surface area contributed by atoms with Gasteiger partial charge < -0.3 is 9.88 Å². The van der Waals surface area contributed by atoms with Crippen molar-refractivity contribution in [2.24, 2.45) is 0 Å². The Balaban J connectivity index is 2.17. The van der Waals surface area contributed by atoms with Gasteiger partial charge in [-0.2, -0.15) is 0 Å². The van der Waals surface area contributed by atoms with Gasteiger partial charge in [0.05, 0.1) is 16.9 Å². The van der Waals surface area contributed by atoms with Crippen molar-refractivity contribution in [2.75, 3.05) is 5.32 Å². The van der Waals surface area contributed by atoms with Gasteiger partial charge in [0.15, 0.2) is 6.29 Å². The molecule has 0 amide bonds. The normalized spacial score (nSPS) is 13.0. The Hall–Kier alpha value is -1.95. The summed E-state index contributed by atoms with van der Waals surface area (Å²) in [6.07, 6.45) is 2.26. The molecule has 1 aromatic heterocycles. The first-order valence-electron chi connectivity index (χ1n) is 6.96. The van der Waals surface area contributed by atoms with Gasteiger partial charge in [0.2, 0.25) is 0 Å². The predicted octanol–water partition coefficient (Wildman–Crippen LogP) is 3.56. The topological polar surface area (TPSA) is 51.1 Å². The minimum atomic E-state index is -0.453. The minimum absolute atomic E-state index is 0.127. The maximum Gasteiger partial charge on any atom is 0.255 e. The number of carbonyl (C=O) groups is 1. The fourth-order valence-corrected chi connectivity index (χ4v) is 3.18. The van der Waals surface area contributed by atoms with Crippen molar-refractivity contribution in [2.45, 2.75) is 26.3 Å². The molecule has 0 saturated carbocycles. The van der Waals surface area contributed by atoms with E-state index in [1.807, 2.05) is 0 Å². The van der Waals surface area contributed by atoms with Gasteiger partial charge in [0, 0.05) is 22.3 Å². The first kappa shape index (κ1) is 15.0. The van der Waals surface area contributed by atoms with Crippen LogP contribution in [0.2, 0.25) is 0 Å². The smallest absolute Gasteiger partial charge is 0.255 e. The molecule has 22 heavy (non-hydrogen) atoms. The van der Waals surface area contributed by atoms with E-state index in [4.69, 9.17) is 0 Å². The zero-order valence-corrected chi connectivity index (χ0v) is 13.5. The summed E-state index contributed by atoms with van der Waals surface area (Å²) in [6.45, 7) is 2.28. The zero-order valence-electron chi connectivity index (χ0n) is 12.0. The lowest BCUT2D eigenvalue weighted by molar-refractivity contribution is 0.112. The Bertz CT molecular complexity index is 830. The van der Waals surface area contributed by atoms with Gasteiger partial charge in [-0.05, 0) is 38.0 Å². The van der Waals surface area contributed by atoms with Gasteiger partial charge in [0.1, 0.15) is 5.82 Å². The zero-order chi connectivity index (χ0) is 15.9. The van der Waals surface area contributed by atoms with E-state index in [-0.39, 0.29) is 11.2 Å². The van der Waals surface area contributed by atoms with Gasteiger partial charge in [-0.3, -0.25) is 9.59 Å². The fourth-order valence-electron chi connectivity index (χ4n) is 2.85. The molecule has 2 aromatic rings. The highest BCUT2D eigenvalue weighted by Gasteiger charge is 2.23. The number of carbonyl (C=O) groups excluding carboxylic acids is 1. The Morgan fingerprint density at radius 2 is 2.18 bits per heavy atom. The summed E-state index contributed by atoms with van der Waals surface area (Å²) in [5.74, 6) is -0.453. The second-order valence-corrected chi connectivity index (χ2v) is 6.20. The number of benzene rings is 1. The highest BCUT2D eigenvalue weighted by molar-refractivity contribution is 9.10. The number of anilines is 2. The molecule has 1 aliphatic rings. The molecule has 0 aliphatic carbocycles. The van der Waals surface area contributed by atoms with Crippen LogP contribution in [0.1, 0.15) is 28.0 Å². The van der Waals surface area contributed by atoms with Crippen molar-refractivity contribution in [3.05, 3.63) is 55.7 Å². The Morgan fingerprint density at radius 3 is 2.86 bits per heavy atom. The summed E-state index contributed by atoms with van der Waals surface area (Å²) in [5.41, 5.74) is 2.10. The van der Waals surface area contributed by atoms with E-state index in [9.17, 15) is 14.0 Å². The molecular formula is C16H14BrFN2O2. The summed E-state index contributed by atoms with van der Waals surface area (Å²) in [5, 5.41) is 2.92. The first-order valence-corrected chi connectivity index (χ1v) is 7.75. The van der Waals surface area contributed by atoms with E-state index in [0.29, 0.717) is 34.3 Å². The van der Waals surface area contributed by atoms with Crippen LogP contribution < -0.4 is 10.9 Å². The second kappa shape index (κ2) is 5.68. The van der Waals surface area contributed by atoms with Crippen molar-refractivity contribution in [1.82, 2.24) is 4.57 Å². The number of nitrogens with one attached hydrogen (secondary N) is 1. The molecule has 0 saturated heterocycles. The lowest BCUT2D eigenvalue weighted by Crippen LogP contribution is -2.25. The van der Waals surface area contributed by atoms with Crippen LogP contribution in [-0.2, 0) is 13.0 Å². The maximum atomic E-state index is 14.0. The third-order valence-electron chi connectivity index (χ3n) is 3.95. The summed E-state index contributed by atoms with van der Waals surface area (Å²) in [4.78, 5) is 23.9. The molecule has 1 aromatic carbocycles. The molecule has 0 unspecified atom stereocenters. The standard InChI is InChI=1S/C16H14BrFN2O2/c1-9-15(19-13-5-4-10(17)7-12(13)18)11(8-21)14-3-2-6-20(14)16(9)22/h4-5,7-8,19H,2-3,6H2,1H3. The van der Waals surface area contributed by atoms with Crippen LogP contribution in [0.15, 0.2) is 27.5 Å². The molecule has 1 N–H and O–H groups in total. The second-order valence-electron chi connectivity index (χ2n) is 5.29. The number of aromatic nitrogens is 1. The number of hydrogen-bond acceptors (Lipinski definition) is 3. The average molecular weight is 365 g/mol. The molecule has 6 heteroatoms. The molecule has 4 nitrogen and oxygen atoms in total. The van der Waals surface area contributed by atoms with Crippen molar-refractivity contribution in [3.8, 4) is 0 Å². The molecular weight excluding hydrogens is 351 g/mol. The maximum absolute atomic E-state index is 14.0. The summed E-state index contributed by atoms with van der Waals surface area (Å²) in [6, 6.07) is 4.60. The van der Waals surface area contributed by atoms with Crippen LogP contribution in [0, 0.1) is 12.7 Å². The number of halogens is 2. The molecule has 1 aliphatic heterocycles. The first-order chi connectivity index (χ1) is 10.5. The minimum Gasteiger partial charge on any atom is -0.352 e. The van der Waals surface area contributed by atoms with Crippen molar-refractivity contribution in [3.63, 3.8) is 0 Å². The highest BCUT2D eigenvalue weighted by atomic mass is 79.9. The number of rotatable bonds is 3. The molecule has 0 bridgehead atoms. The Morgan fingerprint density at radius 1 is 1.41 bits per heavy atom. The van der Waals surface area contributed by atoms with E-state index in [1.165, 1.54) is 6.07 Å². The van der Waals surface area contributed by atoms with E-state index in [1.54, 1.807) is 23.6 Å². The number of nitrogens with zero attached hydrogens (tertiary/aromatic N) is 1. The van der Waals surface area contributed by atoms with Crippen LogP contribution in [0.4, 0.5) is 15.8 Å². The summed E-state index contributed by atoms with van der Waals surface area (Å²) < 4.78 is 16.3. The van der Waals surface area contributed by atoms with Crippen LogP contribution in [0.5, 0.6) is 0 Å². The van der Waals surface area contributed by atoms with Crippen LogP contribution >= 0.6 is 15.9 Å². The molecule has 114 valence electrons. The predicted molar refractivity (Wildman–Crippen MR) is 86.5 cm³/mol. The van der Waals surface area contributed by atoms with E-state index < -0.39 is 5.82 Å². The fraction of sp³-hybridized carbons (Fsp3) is 0.250. The lowest BCUT2D eigenvalue weighted by Gasteiger charge is -2.16. The monoisotopic (exact) mass is 364 g/mol. The van der Waals surface area contributed by atoms with Crippen molar-refractivity contribution < 1.29 is 9.18 Å². The molecule has 0 fully saturated rings. The number of fused-ring (bicyclic) bond motifs is 1. The van der Waals surface area contributed by atoms with Crippen LogP contribution in [-0.4, -0.2) is 10.9 Å².